The zero-order valence-corrected chi connectivity index (χ0v) is 14.7. The first-order valence-electron chi connectivity index (χ1n) is 8.17. The van der Waals surface area contributed by atoms with Gasteiger partial charge < -0.3 is 5.73 Å². The van der Waals surface area contributed by atoms with Crippen LogP contribution in [0.15, 0.2) is 84.9 Å². The van der Waals surface area contributed by atoms with Gasteiger partial charge in [-0.15, -0.1) is 3.96 Å². The van der Waals surface area contributed by atoms with Gasteiger partial charge in [0.1, 0.15) is 17.2 Å². The molecule has 0 aliphatic rings. The highest BCUT2D eigenvalue weighted by Gasteiger charge is 2.23. The van der Waals surface area contributed by atoms with E-state index in [1.807, 2.05) is 88.9 Å². The van der Waals surface area contributed by atoms with Gasteiger partial charge >= 0.3 is 11.0 Å². The minimum atomic E-state index is 0.00857. The van der Waals surface area contributed by atoms with E-state index < -0.39 is 0 Å². The number of carbonyl (C=O) groups is 1. The molecule has 0 saturated carbocycles. The Morgan fingerprint density at radius 3 is 2.04 bits per heavy atom. The predicted molar refractivity (Wildman–Crippen MR) is 103 cm³/mol. The van der Waals surface area contributed by atoms with Crippen molar-refractivity contribution in [1.29, 1.82) is 0 Å². The fourth-order valence-electron chi connectivity index (χ4n) is 2.76. The second-order valence-corrected chi connectivity index (χ2v) is 6.73. The van der Waals surface area contributed by atoms with E-state index in [4.69, 9.17) is 5.73 Å². The van der Waals surface area contributed by atoms with Crippen LogP contribution in [0.5, 0.6) is 0 Å². The van der Waals surface area contributed by atoms with E-state index in [9.17, 15) is 4.79 Å². The second kappa shape index (κ2) is 6.90. The van der Waals surface area contributed by atoms with Crippen molar-refractivity contribution < 1.29 is 8.75 Å². The summed E-state index contributed by atoms with van der Waals surface area (Å²) in [6.45, 7) is 0. The third kappa shape index (κ3) is 3.12. The summed E-state index contributed by atoms with van der Waals surface area (Å²) in [5.41, 5.74) is 9.18. The normalized spacial score (nSPS) is 10.6. The lowest BCUT2D eigenvalue weighted by Crippen LogP contribution is -2.28. The van der Waals surface area contributed by atoms with Gasteiger partial charge in [0.25, 0.3) is 0 Å². The fourth-order valence-corrected chi connectivity index (χ4v) is 3.53. The van der Waals surface area contributed by atoms with E-state index in [0.717, 1.165) is 17.1 Å². The van der Waals surface area contributed by atoms with Gasteiger partial charge in [0.05, 0.1) is 5.56 Å². The molecule has 0 bridgehead atoms. The van der Waals surface area contributed by atoms with E-state index >= 15 is 0 Å². The topological polar surface area (TPSA) is 59.9 Å². The molecule has 1 aromatic heterocycles. The smallest absolute Gasteiger partial charge is 0.350 e. The monoisotopic (exact) mass is 358 g/mol. The Labute approximate surface area is 155 Å². The van der Waals surface area contributed by atoms with Crippen molar-refractivity contribution in [2.75, 3.05) is 5.73 Å². The quantitative estimate of drug-likeness (QED) is 0.445. The van der Waals surface area contributed by atoms with Crippen molar-refractivity contribution in [1.82, 2.24) is 4.98 Å². The minimum absolute atomic E-state index is 0.00857. The van der Waals surface area contributed by atoms with E-state index in [0.29, 0.717) is 16.3 Å². The van der Waals surface area contributed by atoms with Crippen LogP contribution in [0.3, 0.4) is 0 Å². The second-order valence-electron chi connectivity index (χ2n) is 5.77. The lowest BCUT2D eigenvalue weighted by atomic mass is 10.0. The molecular formula is C21H16N3OS+. The zero-order chi connectivity index (χ0) is 17.9. The summed E-state index contributed by atoms with van der Waals surface area (Å²) in [6.07, 6.45) is 0. The molecule has 0 aliphatic heterocycles. The van der Waals surface area contributed by atoms with Gasteiger partial charge in [-0.3, -0.25) is 4.79 Å². The summed E-state index contributed by atoms with van der Waals surface area (Å²) in [5, 5.41) is 0.494. The molecular weight excluding hydrogens is 342 g/mol. The molecule has 3 aromatic carbocycles. The Morgan fingerprint density at radius 2 is 1.38 bits per heavy atom. The van der Waals surface area contributed by atoms with Gasteiger partial charge in [0, 0.05) is 11.1 Å². The van der Waals surface area contributed by atoms with Crippen molar-refractivity contribution >= 4 is 22.4 Å². The van der Waals surface area contributed by atoms with Crippen LogP contribution in [0.25, 0.3) is 17.1 Å². The van der Waals surface area contributed by atoms with Crippen LogP contribution < -0.4 is 9.69 Å². The zero-order valence-electron chi connectivity index (χ0n) is 13.9. The molecule has 0 radical (unpaired) electrons. The summed E-state index contributed by atoms with van der Waals surface area (Å²) in [4.78, 5) is 17.0. The average molecular weight is 358 g/mol. The molecule has 2 N–H and O–H groups in total. The molecule has 0 fully saturated rings. The highest BCUT2D eigenvalue weighted by atomic mass is 32.1. The summed E-state index contributed by atoms with van der Waals surface area (Å²) in [7, 11) is 0. The van der Waals surface area contributed by atoms with Crippen LogP contribution in [0.1, 0.15) is 15.9 Å². The van der Waals surface area contributed by atoms with Crippen LogP contribution in [0.2, 0.25) is 0 Å². The summed E-state index contributed by atoms with van der Waals surface area (Å²) >= 11 is 1.37. The summed E-state index contributed by atoms with van der Waals surface area (Å²) in [5.74, 6) is 0.796. The summed E-state index contributed by atoms with van der Waals surface area (Å²) < 4.78 is 1.97. The van der Waals surface area contributed by atoms with Crippen molar-refractivity contribution in [2.24, 2.45) is 0 Å². The SMILES string of the molecule is Nc1nc(-c2ccccc2)[n+](-c2ccc(C(=O)c3ccccc3)cc2)s1. The average Bonchev–Trinajstić information content (AvgIpc) is 3.11. The maximum absolute atomic E-state index is 12.6. The molecule has 126 valence electrons. The fraction of sp³-hybridized carbons (Fsp3) is 0. The molecule has 5 heteroatoms. The first kappa shape index (κ1) is 16.2. The van der Waals surface area contributed by atoms with Gasteiger partial charge in [-0.1, -0.05) is 48.5 Å². The number of nitrogen functional groups attached to an aromatic ring is 1. The number of carbonyl (C=O) groups excluding carboxylic acids is 1. The largest absolute Gasteiger partial charge is 0.351 e. The van der Waals surface area contributed by atoms with Crippen molar-refractivity contribution in [3.8, 4) is 17.1 Å². The molecule has 1 heterocycles. The molecule has 4 rings (SSSR count). The Hall–Kier alpha value is -3.31. The Balaban J connectivity index is 1.69. The molecule has 4 nitrogen and oxygen atoms in total. The van der Waals surface area contributed by atoms with Crippen LogP contribution in [0.4, 0.5) is 5.13 Å². The van der Waals surface area contributed by atoms with Crippen molar-refractivity contribution in [2.45, 2.75) is 0 Å². The molecule has 0 spiro atoms. The van der Waals surface area contributed by atoms with E-state index in [-0.39, 0.29) is 5.78 Å². The van der Waals surface area contributed by atoms with E-state index in [2.05, 4.69) is 4.98 Å². The maximum atomic E-state index is 12.6. The molecule has 0 atom stereocenters. The van der Waals surface area contributed by atoms with Crippen LogP contribution >= 0.6 is 11.5 Å². The van der Waals surface area contributed by atoms with Crippen LogP contribution in [-0.2, 0) is 0 Å². The Kier molecular flexibility index (Phi) is 4.29. The number of ketones is 1. The highest BCUT2D eigenvalue weighted by molar-refractivity contribution is 7.05. The maximum Gasteiger partial charge on any atom is 0.350 e. The first-order valence-corrected chi connectivity index (χ1v) is 8.94. The van der Waals surface area contributed by atoms with Crippen LogP contribution in [0, 0.1) is 0 Å². The summed E-state index contributed by atoms with van der Waals surface area (Å²) in [6, 6.07) is 26.7. The number of hydrogen-bond donors (Lipinski definition) is 1. The third-order valence-corrected chi connectivity index (χ3v) is 4.87. The van der Waals surface area contributed by atoms with Crippen molar-refractivity contribution in [3.05, 3.63) is 96.1 Å². The van der Waals surface area contributed by atoms with Gasteiger partial charge in [0.15, 0.2) is 5.78 Å². The van der Waals surface area contributed by atoms with Gasteiger partial charge in [0.2, 0.25) is 0 Å². The van der Waals surface area contributed by atoms with Gasteiger partial charge in [-0.05, 0) is 41.4 Å². The van der Waals surface area contributed by atoms with E-state index in [1.165, 1.54) is 11.5 Å². The molecule has 4 aromatic rings. The first-order chi connectivity index (χ1) is 12.7. The van der Waals surface area contributed by atoms with Gasteiger partial charge in [-0.25, -0.2) is 0 Å². The van der Waals surface area contributed by atoms with Gasteiger partial charge in [-0.2, -0.15) is 0 Å². The molecule has 0 saturated heterocycles. The number of anilines is 1. The lowest BCUT2D eigenvalue weighted by molar-refractivity contribution is -0.509. The predicted octanol–water partition coefficient (Wildman–Crippen LogP) is 3.90. The Morgan fingerprint density at radius 1 is 0.808 bits per heavy atom. The number of rotatable bonds is 4. The standard InChI is InChI=1S/C21H15N3OS/c22-21-23-20(17-9-5-2-6-10-17)24(26-21)18-13-11-16(12-14-18)19(25)15-7-3-1-4-8-15/h1-14,22H/p+1. The number of nitrogens with zero attached hydrogens (tertiary/aromatic N) is 2. The molecule has 26 heavy (non-hydrogen) atoms. The number of nitrogens with two attached hydrogens (primary N) is 1. The number of benzene rings is 3. The molecule has 0 aliphatic carbocycles. The molecule has 0 unspecified atom stereocenters. The number of hydrogen-bond acceptors (Lipinski definition) is 4. The Bertz CT molecular complexity index is 1040. The van der Waals surface area contributed by atoms with E-state index in [1.54, 1.807) is 0 Å². The molecule has 0 amide bonds. The minimum Gasteiger partial charge on any atom is -0.351 e. The lowest BCUT2D eigenvalue weighted by Gasteiger charge is -2.02. The van der Waals surface area contributed by atoms with Crippen LogP contribution in [-0.4, -0.2) is 10.8 Å². The highest BCUT2D eigenvalue weighted by Crippen LogP contribution is 2.20. The number of aromatic nitrogens is 2. The van der Waals surface area contributed by atoms with Crippen molar-refractivity contribution in [3.63, 3.8) is 0 Å². The third-order valence-electron chi connectivity index (χ3n) is 4.03.